The molecular formula is C16H15FN2O. The topological polar surface area (TPSA) is 35.0 Å². The number of fused-ring (bicyclic) bond motifs is 1. The van der Waals surface area contributed by atoms with Crippen molar-refractivity contribution < 1.29 is 9.13 Å². The average Bonchev–Trinajstić information content (AvgIpc) is 2.46. The predicted molar refractivity (Wildman–Crippen MR) is 79.1 cm³/mol. The Balaban J connectivity index is 2.50. The highest BCUT2D eigenvalue weighted by molar-refractivity contribution is 5.89. The quantitative estimate of drug-likeness (QED) is 0.785. The first-order valence-corrected chi connectivity index (χ1v) is 6.12. The Morgan fingerprint density at radius 1 is 1.40 bits per heavy atom. The third-order valence-electron chi connectivity index (χ3n) is 2.80. The zero-order chi connectivity index (χ0) is 14.5. The number of hydrogen-bond acceptors (Lipinski definition) is 3. The number of aromatic nitrogens is 2. The van der Waals surface area contributed by atoms with Gasteiger partial charge in [0, 0.05) is 11.6 Å². The van der Waals surface area contributed by atoms with Crippen LogP contribution in [0.4, 0.5) is 4.39 Å². The van der Waals surface area contributed by atoms with Crippen molar-refractivity contribution in [3.05, 3.63) is 60.9 Å². The van der Waals surface area contributed by atoms with E-state index < -0.39 is 0 Å². The molecule has 0 aliphatic carbocycles. The van der Waals surface area contributed by atoms with Crippen LogP contribution in [-0.4, -0.2) is 17.1 Å². The van der Waals surface area contributed by atoms with Crippen molar-refractivity contribution in [3.63, 3.8) is 0 Å². The minimum Gasteiger partial charge on any atom is -0.494 e. The lowest BCUT2D eigenvalue weighted by molar-refractivity contribution is 0.418. The van der Waals surface area contributed by atoms with E-state index in [9.17, 15) is 4.39 Å². The molecule has 0 unspecified atom stereocenters. The van der Waals surface area contributed by atoms with E-state index in [2.05, 4.69) is 16.5 Å². The van der Waals surface area contributed by atoms with Gasteiger partial charge in [0.2, 0.25) is 0 Å². The maximum absolute atomic E-state index is 13.5. The van der Waals surface area contributed by atoms with E-state index >= 15 is 0 Å². The summed E-state index contributed by atoms with van der Waals surface area (Å²) in [5, 5.41) is 0.822. The van der Waals surface area contributed by atoms with Gasteiger partial charge in [-0.1, -0.05) is 12.7 Å². The van der Waals surface area contributed by atoms with E-state index in [1.165, 1.54) is 18.5 Å². The first kappa shape index (κ1) is 13.9. The van der Waals surface area contributed by atoms with Crippen LogP contribution < -0.4 is 4.74 Å². The molecule has 0 radical (unpaired) electrons. The zero-order valence-corrected chi connectivity index (χ0v) is 11.4. The van der Waals surface area contributed by atoms with Crippen LogP contribution in [-0.2, 0) is 0 Å². The minimum absolute atomic E-state index is 0.346. The minimum atomic E-state index is -0.346. The lowest BCUT2D eigenvalue weighted by atomic mass is 10.0. The van der Waals surface area contributed by atoms with E-state index in [1.54, 1.807) is 32.4 Å². The molecule has 3 nitrogen and oxygen atoms in total. The first-order valence-electron chi connectivity index (χ1n) is 6.12. The maximum Gasteiger partial charge on any atom is 0.145 e. The Labute approximate surface area is 117 Å². The van der Waals surface area contributed by atoms with Gasteiger partial charge >= 0.3 is 0 Å². The van der Waals surface area contributed by atoms with Crippen molar-refractivity contribution in [2.75, 3.05) is 7.11 Å². The lowest BCUT2D eigenvalue weighted by Crippen LogP contribution is -1.91. The van der Waals surface area contributed by atoms with E-state index in [-0.39, 0.29) is 5.83 Å². The Morgan fingerprint density at radius 3 is 2.90 bits per heavy atom. The summed E-state index contributed by atoms with van der Waals surface area (Å²) < 4.78 is 18.8. The number of benzene rings is 1. The molecule has 1 heterocycles. The summed E-state index contributed by atoms with van der Waals surface area (Å²) in [4.78, 5) is 8.16. The molecule has 0 aliphatic heterocycles. The molecule has 1 aromatic carbocycles. The molecule has 102 valence electrons. The van der Waals surface area contributed by atoms with E-state index in [0.717, 1.165) is 16.5 Å². The van der Waals surface area contributed by atoms with Crippen molar-refractivity contribution in [1.82, 2.24) is 9.97 Å². The number of hydrogen-bond donors (Lipinski definition) is 0. The van der Waals surface area contributed by atoms with Crippen LogP contribution in [0, 0.1) is 0 Å². The normalized spacial score (nSPS) is 12.1. The molecule has 2 aromatic rings. The molecule has 0 atom stereocenters. The van der Waals surface area contributed by atoms with Crippen LogP contribution >= 0.6 is 0 Å². The third kappa shape index (κ3) is 2.91. The standard InChI is InChI=1S/C16H15FN2O/c1-4-5-14(17)6-11(2)12-7-13-9-18-10-19-16(13)15(8-12)20-3/h4-10H,2H2,1,3H3/b5-4-,14-6+. The highest BCUT2D eigenvalue weighted by Gasteiger charge is 2.07. The SMILES string of the molecule is C=C(/C=C(F)\C=C/C)c1cc(OC)c2ncncc2c1. The van der Waals surface area contributed by atoms with Gasteiger partial charge in [-0.2, -0.15) is 0 Å². The highest BCUT2D eigenvalue weighted by Crippen LogP contribution is 2.28. The fraction of sp³-hybridized carbons (Fsp3) is 0.125. The molecule has 0 spiro atoms. The second-order valence-electron chi connectivity index (χ2n) is 4.19. The number of rotatable bonds is 4. The molecule has 1 aromatic heterocycles. The molecule has 0 amide bonds. The Kier molecular flexibility index (Phi) is 4.25. The molecule has 0 fully saturated rings. The predicted octanol–water partition coefficient (Wildman–Crippen LogP) is 4.08. The molecule has 2 rings (SSSR count). The lowest BCUT2D eigenvalue weighted by Gasteiger charge is -2.08. The van der Waals surface area contributed by atoms with Crippen LogP contribution in [0.1, 0.15) is 12.5 Å². The Morgan fingerprint density at radius 2 is 2.20 bits per heavy atom. The first-order chi connectivity index (χ1) is 9.65. The van der Waals surface area contributed by atoms with Crippen molar-refractivity contribution in [1.29, 1.82) is 0 Å². The van der Waals surface area contributed by atoms with Gasteiger partial charge in [-0.3, -0.25) is 0 Å². The molecule has 0 saturated carbocycles. The van der Waals surface area contributed by atoms with Crippen LogP contribution in [0.25, 0.3) is 16.5 Å². The summed E-state index contributed by atoms with van der Waals surface area (Å²) in [7, 11) is 1.57. The summed E-state index contributed by atoms with van der Waals surface area (Å²) in [6.07, 6.45) is 7.55. The zero-order valence-electron chi connectivity index (χ0n) is 11.4. The van der Waals surface area contributed by atoms with Crippen LogP contribution in [0.2, 0.25) is 0 Å². The van der Waals surface area contributed by atoms with Gasteiger partial charge in [0.25, 0.3) is 0 Å². The van der Waals surface area contributed by atoms with Gasteiger partial charge in [0.15, 0.2) is 0 Å². The van der Waals surface area contributed by atoms with Crippen molar-refractivity contribution in [2.24, 2.45) is 0 Å². The maximum atomic E-state index is 13.5. The number of methoxy groups -OCH3 is 1. The molecule has 0 N–H and O–H groups in total. The molecule has 20 heavy (non-hydrogen) atoms. The van der Waals surface area contributed by atoms with Gasteiger partial charge < -0.3 is 4.74 Å². The fourth-order valence-corrected chi connectivity index (χ4v) is 1.87. The number of halogens is 1. The van der Waals surface area contributed by atoms with E-state index in [0.29, 0.717) is 11.3 Å². The number of allylic oxidation sites excluding steroid dienone is 5. The second-order valence-corrected chi connectivity index (χ2v) is 4.19. The number of ether oxygens (including phenoxy) is 1. The molecule has 0 bridgehead atoms. The highest BCUT2D eigenvalue weighted by atomic mass is 19.1. The molecule has 0 saturated heterocycles. The summed E-state index contributed by atoms with van der Waals surface area (Å²) >= 11 is 0. The third-order valence-corrected chi connectivity index (χ3v) is 2.80. The molecular weight excluding hydrogens is 255 g/mol. The van der Waals surface area contributed by atoms with Crippen LogP contribution in [0.15, 0.2) is 55.3 Å². The molecule has 4 heteroatoms. The van der Waals surface area contributed by atoms with Crippen molar-refractivity contribution >= 4 is 16.5 Å². The smallest absolute Gasteiger partial charge is 0.145 e. The number of nitrogens with zero attached hydrogens (tertiary/aromatic N) is 2. The second kappa shape index (κ2) is 6.10. The van der Waals surface area contributed by atoms with Crippen molar-refractivity contribution in [2.45, 2.75) is 6.92 Å². The average molecular weight is 270 g/mol. The monoisotopic (exact) mass is 270 g/mol. The van der Waals surface area contributed by atoms with Gasteiger partial charge in [-0.05, 0) is 42.3 Å². The van der Waals surface area contributed by atoms with E-state index in [1.807, 2.05) is 6.07 Å². The van der Waals surface area contributed by atoms with Gasteiger partial charge in [0.05, 0.1) is 7.11 Å². The summed E-state index contributed by atoms with van der Waals surface area (Å²) in [5.41, 5.74) is 2.05. The fourth-order valence-electron chi connectivity index (χ4n) is 1.87. The van der Waals surface area contributed by atoms with Gasteiger partial charge in [-0.25, -0.2) is 14.4 Å². The summed E-state index contributed by atoms with van der Waals surface area (Å²) in [6.45, 7) is 5.64. The Bertz CT molecular complexity index is 705. The Hall–Kier alpha value is -2.49. The molecule has 0 aliphatic rings. The summed E-state index contributed by atoms with van der Waals surface area (Å²) in [5.74, 6) is 0.266. The largest absolute Gasteiger partial charge is 0.494 e. The van der Waals surface area contributed by atoms with Crippen LogP contribution in [0.5, 0.6) is 5.75 Å². The summed E-state index contributed by atoms with van der Waals surface area (Å²) in [6, 6.07) is 3.65. The van der Waals surface area contributed by atoms with E-state index in [4.69, 9.17) is 4.74 Å². The van der Waals surface area contributed by atoms with Gasteiger partial charge in [0.1, 0.15) is 23.4 Å². The van der Waals surface area contributed by atoms with Gasteiger partial charge in [-0.15, -0.1) is 0 Å². The van der Waals surface area contributed by atoms with Crippen molar-refractivity contribution in [3.8, 4) is 5.75 Å². The van der Waals surface area contributed by atoms with Crippen LogP contribution in [0.3, 0.4) is 0 Å².